The van der Waals surface area contributed by atoms with E-state index in [2.05, 4.69) is 4.74 Å². The van der Waals surface area contributed by atoms with Crippen LogP contribution in [-0.2, 0) is 19.1 Å². The van der Waals surface area contributed by atoms with E-state index in [-0.39, 0.29) is 0 Å². The molecule has 0 spiro atoms. The van der Waals surface area contributed by atoms with Crippen LogP contribution in [0.1, 0.15) is 6.42 Å². The molecule has 0 saturated carbocycles. The van der Waals surface area contributed by atoms with Gasteiger partial charge in [-0.05, 0) is 0 Å². The Hall–Kier alpha value is -2.59. The zero-order valence-corrected chi connectivity index (χ0v) is 12.4. The molecular weight excluding hydrogens is 423 g/mol. The van der Waals surface area contributed by atoms with Gasteiger partial charge in [0.1, 0.15) is 0 Å². The Balaban J connectivity index is 0. The van der Waals surface area contributed by atoms with Crippen LogP contribution in [-0.4, -0.2) is 34.7 Å². The molecule has 7 heteroatoms. The van der Waals surface area contributed by atoms with Gasteiger partial charge in [0, 0.05) is 0 Å². The molecule has 0 fully saturated rings. The number of rotatable bonds is 5. The third kappa shape index (κ3) is 4.30. The first-order valence-electron chi connectivity index (χ1n) is 2.55. The van der Waals surface area contributed by atoms with Gasteiger partial charge >= 0.3 is 11.9 Å². The second-order valence-corrected chi connectivity index (χ2v) is 1.63. The van der Waals surface area contributed by atoms with E-state index in [1.807, 2.05) is 0 Å². The summed E-state index contributed by atoms with van der Waals surface area (Å²) in [6.07, 6.45) is -2.41. The molecule has 64 valence electrons. The van der Waals surface area contributed by atoms with E-state index in [9.17, 15) is 14.4 Å². The van der Waals surface area contributed by atoms with Crippen LogP contribution in [0.2, 0.25) is 0 Å². The molecule has 0 saturated heterocycles. The Morgan fingerprint density at radius 1 is 1.42 bits per heavy atom. The van der Waals surface area contributed by atoms with Gasteiger partial charge in [-0.15, -0.1) is 0 Å². The molecule has 0 aliphatic heterocycles. The molecule has 0 aromatic heterocycles. The van der Waals surface area contributed by atoms with Gasteiger partial charge in [-0.3, -0.25) is 4.79 Å². The van der Waals surface area contributed by atoms with Crippen LogP contribution < -0.4 is 0 Å². The predicted molar refractivity (Wildman–Crippen MR) is 30.5 cm³/mol. The fourth-order valence-electron chi connectivity index (χ4n) is 0.396. The summed E-state index contributed by atoms with van der Waals surface area (Å²) in [7, 11) is 0. The molecule has 0 aromatic rings. The first kappa shape index (κ1) is 12.1. The molecule has 0 aliphatic rings. The molecule has 12 heavy (non-hydrogen) atoms. The molecule has 2 N–H and O–H groups in total. The first-order chi connectivity index (χ1) is 5.07. The van der Waals surface area contributed by atoms with Gasteiger partial charge in [0.25, 0.3) is 0 Å². The molecule has 1 atom stereocenters. The zero-order valence-electron chi connectivity index (χ0n) is 6.02. The van der Waals surface area contributed by atoms with Crippen molar-refractivity contribution in [2.45, 2.75) is 12.5 Å². The summed E-state index contributed by atoms with van der Waals surface area (Å²) in [5, 5.41) is 16.3. The fourth-order valence-corrected chi connectivity index (χ4v) is 0.396. The Morgan fingerprint density at radius 3 is 2.17 bits per heavy atom. The van der Waals surface area contributed by atoms with Crippen LogP contribution in [0.15, 0.2) is 0 Å². The summed E-state index contributed by atoms with van der Waals surface area (Å²) in [5.74, 6) is -2.86. The molecule has 6 nitrogen and oxygen atoms in total. The fraction of sp³-hybridized carbons (Fsp3) is 0.400. The average molecular weight is 428 g/mol. The maximum absolute atomic E-state index is 10.1. The van der Waals surface area contributed by atoms with Gasteiger partial charge < -0.3 is 19.7 Å². The van der Waals surface area contributed by atoms with Crippen molar-refractivity contribution in [1.29, 1.82) is 0 Å². The largest absolute Gasteiger partial charge is 0.643 e. The van der Waals surface area contributed by atoms with Crippen LogP contribution in [0.4, 0.5) is 0 Å². The number of ether oxygens (including phenoxy) is 1. The molecule has 0 heterocycles. The van der Waals surface area contributed by atoms with Crippen LogP contribution in [0.5, 0.6) is 0 Å². The van der Waals surface area contributed by atoms with Crippen LogP contribution in [0.25, 0.3) is 0 Å². The second kappa shape index (κ2) is 5.21. The van der Waals surface area contributed by atoms with E-state index in [4.69, 9.17) is 10.2 Å². The average Bonchev–Trinajstić information content (AvgIpc) is 1.86. The number of hydrogen-bond donors (Lipinski definition) is 2. The molecular formula is C5H5O6Rf-. The second-order valence-electron chi connectivity index (χ2n) is 1.63. The van der Waals surface area contributed by atoms with E-state index in [0.29, 0.717) is 0 Å². The van der Waals surface area contributed by atoms with Crippen molar-refractivity contribution in [3.05, 3.63) is 0 Å². The molecule has 0 amide bonds. The number of carbonyl (C=O) groups excluding carboxylic acids is 1. The quantitative estimate of drug-likeness (QED) is 0.545. The molecule has 0 radical (unpaired) electrons. The van der Waals surface area contributed by atoms with Gasteiger partial charge in [0.2, 0.25) is 0 Å². The van der Waals surface area contributed by atoms with Crippen molar-refractivity contribution in [3.63, 3.8) is 0 Å². The standard InChI is InChI=1S/C5H5O6.Rf/c6-2-11-3(5(9)10)1-4(7)8;/h3H,1H2,(H,7,8)(H,9,10);/q-1;. The van der Waals surface area contributed by atoms with E-state index in [0.717, 1.165) is 6.47 Å². The van der Waals surface area contributed by atoms with E-state index in [1.165, 1.54) is 0 Å². The van der Waals surface area contributed by atoms with Crippen LogP contribution in [0, 0.1) is 0 Å². The van der Waals surface area contributed by atoms with Crippen molar-refractivity contribution < 1.29 is 29.3 Å². The van der Waals surface area contributed by atoms with Crippen LogP contribution in [0.3, 0.4) is 0 Å². The summed E-state index contributed by atoms with van der Waals surface area (Å²) in [4.78, 5) is 29.5. The smallest absolute Gasteiger partial charge is 0.342 e. The number of hydrogen-bond acceptors (Lipinski definition) is 4. The zero-order chi connectivity index (χ0) is 8.85. The number of carboxylic acid groups (broad SMARTS) is 2. The summed E-state index contributed by atoms with van der Waals surface area (Å²) in [5.41, 5.74) is 0. The number of carbonyl (C=O) groups is 2. The minimum Gasteiger partial charge on any atom is -0.643 e. The SMILES string of the molecule is O=[C-]OC(CC(=O)O)C(=O)O.[Rf]. The van der Waals surface area contributed by atoms with Gasteiger partial charge in [-0.2, -0.15) is 0 Å². The molecule has 0 rings (SSSR count). The molecule has 0 aliphatic carbocycles. The summed E-state index contributed by atoms with van der Waals surface area (Å²) >= 11 is 0. The summed E-state index contributed by atoms with van der Waals surface area (Å²) in [6, 6.07) is 0. The van der Waals surface area contributed by atoms with Crippen molar-refractivity contribution in [2.24, 2.45) is 0 Å². The van der Waals surface area contributed by atoms with Crippen LogP contribution >= 0.6 is 0 Å². The Labute approximate surface area is 61.4 Å². The third-order valence-electron chi connectivity index (χ3n) is 0.826. The van der Waals surface area contributed by atoms with E-state index in [1.54, 1.807) is 0 Å². The third-order valence-corrected chi connectivity index (χ3v) is 0.826. The van der Waals surface area contributed by atoms with Gasteiger partial charge in [0.05, 0.1) is 6.42 Å². The van der Waals surface area contributed by atoms with Gasteiger partial charge in [-0.25, -0.2) is 4.79 Å². The summed E-state index contributed by atoms with van der Waals surface area (Å²) < 4.78 is 3.83. The van der Waals surface area contributed by atoms with Gasteiger partial charge in [-0.1, -0.05) is 6.47 Å². The summed E-state index contributed by atoms with van der Waals surface area (Å²) in [6.45, 7) is 0.860. The Kier molecular flexibility index (Phi) is 5.27. The van der Waals surface area contributed by atoms with Crippen molar-refractivity contribution in [2.75, 3.05) is 0 Å². The molecule has 1 unspecified atom stereocenters. The number of carboxylic acids is 2. The molecule has 0 bridgehead atoms. The Bertz CT molecular complexity index is 179. The maximum Gasteiger partial charge on any atom is 0.342 e. The van der Waals surface area contributed by atoms with E-state index >= 15 is 0 Å². The normalized spacial score (nSPS) is 10.7. The minimum absolute atomic E-state index is 0. The monoisotopic (exact) mass is 428 g/mol. The number of aliphatic carboxylic acids is 2. The first-order valence-corrected chi connectivity index (χ1v) is 2.55. The van der Waals surface area contributed by atoms with Crippen molar-refractivity contribution in [1.82, 2.24) is 0 Å². The van der Waals surface area contributed by atoms with Crippen molar-refractivity contribution in [3.8, 4) is 0 Å². The minimum atomic E-state index is -1.65. The van der Waals surface area contributed by atoms with Gasteiger partial charge in [0.15, 0.2) is 6.10 Å². The van der Waals surface area contributed by atoms with E-state index < -0.39 is 24.5 Å². The Morgan fingerprint density at radius 2 is 1.92 bits per heavy atom. The predicted octanol–water partition coefficient (Wildman–Crippen LogP) is -1.00. The van der Waals surface area contributed by atoms with Crippen molar-refractivity contribution >= 4 is 18.4 Å². The topological polar surface area (TPSA) is 101 Å². The maximum atomic E-state index is 10.1. The molecule has 0 aromatic carbocycles.